The Hall–Kier alpha value is -1.57. The minimum Gasteiger partial charge on any atom is -0.481 e. The summed E-state index contributed by atoms with van der Waals surface area (Å²) < 4.78 is 30.1. The summed E-state index contributed by atoms with van der Waals surface area (Å²) in [6.07, 6.45) is 0.471. The van der Waals surface area contributed by atoms with Crippen LogP contribution >= 0.6 is 0 Å². The van der Waals surface area contributed by atoms with Crippen LogP contribution in [-0.4, -0.2) is 30.9 Å². The van der Waals surface area contributed by atoms with Crippen LogP contribution in [0.1, 0.15) is 5.76 Å². The number of hydrogen-bond donors (Lipinski definition) is 1. The van der Waals surface area contributed by atoms with Crippen molar-refractivity contribution in [1.82, 2.24) is 5.16 Å². The molecule has 1 aromatic rings. The molecule has 7 nitrogen and oxygen atoms in total. The number of carboxylic acids is 1. The summed E-state index contributed by atoms with van der Waals surface area (Å²) >= 11 is 0. The molecule has 0 aliphatic heterocycles. The highest BCUT2D eigenvalue weighted by atomic mass is 32.2. The lowest BCUT2D eigenvalue weighted by atomic mass is 10.3. The van der Waals surface area contributed by atoms with Gasteiger partial charge in [0.25, 0.3) is 5.88 Å². The summed E-state index contributed by atoms with van der Waals surface area (Å²) in [6, 6.07) is 1.11. The Morgan fingerprint density at radius 3 is 2.86 bits per heavy atom. The van der Waals surface area contributed by atoms with Gasteiger partial charge in [0.1, 0.15) is 6.42 Å². The van der Waals surface area contributed by atoms with Crippen LogP contribution in [0.15, 0.2) is 10.6 Å². The van der Waals surface area contributed by atoms with Crippen LogP contribution in [0, 0.1) is 0 Å². The Bertz CT molecular complexity index is 433. The first-order valence-corrected chi connectivity index (χ1v) is 5.25. The maximum atomic E-state index is 10.6. The molecule has 78 valence electrons. The summed E-state index contributed by atoms with van der Waals surface area (Å²) in [6.45, 7) is 0. The lowest BCUT2D eigenvalue weighted by Gasteiger charge is -1.93. The van der Waals surface area contributed by atoms with E-state index in [1.807, 2.05) is 0 Å². The van der Waals surface area contributed by atoms with Crippen molar-refractivity contribution in [1.29, 1.82) is 0 Å². The zero-order valence-corrected chi connectivity index (χ0v) is 7.94. The van der Waals surface area contributed by atoms with E-state index in [9.17, 15) is 13.2 Å². The number of aromatic nitrogens is 1. The SMILES string of the molecule is CS(=O)(=O)Oc1cc(CC(=O)O)on1. The van der Waals surface area contributed by atoms with E-state index in [4.69, 9.17) is 5.11 Å². The van der Waals surface area contributed by atoms with Gasteiger partial charge < -0.3 is 13.8 Å². The van der Waals surface area contributed by atoms with E-state index >= 15 is 0 Å². The predicted octanol–water partition coefficient (Wildman–Crippen LogP) is -0.360. The fourth-order valence-electron chi connectivity index (χ4n) is 0.721. The predicted molar refractivity (Wildman–Crippen MR) is 43.3 cm³/mol. The number of carbonyl (C=O) groups is 1. The molecule has 0 spiro atoms. The molecule has 0 aliphatic carbocycles. The smallest absolute Gasteiger partial charge is 0.311 e. The highest BCUT2D eigenvalue weighted by Crippen LogP contribution is 2.13. The summed E-state index contributed by atoms with van der Waals surface area (Å²) in [7, 11) is -3.66. The fourth-order valence-corrected chi connectivity index (χ4v) is 1.11. The van der Waals surface area contributed by atoms with Gasteiger partial charge in [-0.05, 0) is 5.16 Å². The Morgan fingerprint density at radius 2 is 2.36 bits per heavy atom. The zero-order valence-electron chi connectivity index (χ0n) is 7.13. The largest absolute Gasteiger partial charge is 0.481 e. The molecule has 0 saturated heterocycles. The van der Waals surface area contributed by atoms with E-state index in [0.29, 0.717) is 0 Å². The molecule has 0 aromatic carbocycles. The van der Waals surface area contributed by atoms with Gasteiger partial charge in [-0.3, -0.25) is 4.79 Å². The van der Waals surface area contributed by atoms with Crippen molar-refractivity contribution in [3.8, 4) is 5.88 Å². The Morgan fingerprint density at radius 1 is 1.71 bits per heavy atom. The second-order valence-corrected chi connectivity index (χ2v) is 4.06. The number of carboxylic acid groups (broad SMARTS) is 1. The highest BCUT2D eigenvalue weighted by Gasteiger charge is 2.12. The van der Waals surface area contributed by atoms with Crippen LogP contribution in [0.25, 0.3) is 0 Å². The van der Waals surface area contributed by atoms with E-state index in [2.05, 4.69) is 13.9 Å². The van der Waals surface area contributed by atoms with Gasteiger partial charge >= 0.3 is 16.1 Å². The molecule has 8 heteroatoms. The minimum absolute atomic E-state index is 0.0242. The zero-order chi connectivity index (χ0) is 10.8. The lowest BCUT2D eigenvalue weighted by Crippen LogP contribution is -2.05. The van der Waals surface area contributed by atoms with Gasteiger partial charge in [-0.2, -0.15) is 8.42 Å². The van der Waals surface area contributed by atoms with Crippen LogP contribution in [0.5, 0.6) is 5.88 Å². The molecule has 0 unspecified atom stereocenters. The van der Waals surface area contributed by atoms with Crippen molar-refractivity contribution in [3.05, 3.63) is 11.8 Å². The maximum absolute atomic E-state index is 10.6. The molecule has 1 aromatic heterocycles. The quantitative estimate of drug-likeness (QED) is 0.691. The monoisotopic (exact) mass is 221 g/mol. The molecule has 0 atom stereocenters. The van der Waals surface area contributed by atoms with Crippen molar-refractivity contribution in [2.75, 3.05) is 6.26 Å². The Kier molecular flexibility index (Phi) is 2.75. The topological polar surface area (TPSA) is 107 Å². The third-order valence-corrected chi connectivity index (χ3v) is 1.57. The second-order valence-electron chi connectivity index (χ2n) is 2.49. The Balaban J connectivity index is 2.74. The van der Waals surface area contributed by atoms with Crippen molar-refractivity contribution in [2.24, 2.45) is 0 Å². The molecule has 0 saturated carbocycles. The average Bonchev–Trinajstić information content (AvgIpc) is 2.30. The van der Waals surface area contributed by atoms with Crippen LogP contribution in [0.3, 0.4) is 0 Å². The first-order chi connectivity index (χ1) is 6.37. The molecule has 1 rings (SSSR count). The molecule has 0 aliphatic rings. The third kappa shape index (κ3) is 3.44. The first-order valence-electron chi connectivity index (χ1n) is 3.43. The lowest BCUT2D eigenvalue weighted by molar-refractivity contribution is -0.136. The van der Waals surface area contributed by atoms with Crippen molar-refractivity contribution < 1.29 is 27.0 Å². The van der Waals surface area contributed by atoms with Gasteiger partial charge in [0, 0.05) is 6.07 Å². The van der Waals surface area contributed by atoms with E-state index in [1.165, 1.54) is 0 Å². The molecule has 0 amide bonds. The van der Waals surface area contributed by atoms with E-state index in [0.717, 1.165) is 12.3 Å². The van der Waals surface area contributed by atoms with Gasteiger partial charge in [-0.25, -0.2) is 0 Å². The van der Waals surface area contributed by atoms with Gasteiger partial charge in [-0.1, -0.05) is 0 Å². The fraction of sp³-hybridized carbons (Fsp3) is 0.333. The number of nitrogens with zero attached hydrogens (tertiary/aromatic N) is 1. The van der Waals surface area contributed by atoms with Gasteiger partial charge in [-0.15, -0.1) is 0 Å². The van der Waals surface area contributed by atoms with Crippen molar-refractivity contribution in [3.63, 3.8) is 0 Å². The molecule has 0 bridgehead atoms. The first kappa shape index (κ1) is 10.5. The molecule has 14 heavy (non-hydrogen) atoms. The molecule has 0 radical (unpaired) electrons. The summed E-state index contributed by atoms with van der Waals surface area (Å²) in [4.78, 5) is 10.2. The Labute approximate surface area is 79.4 Å². The molecular formula is C6H7NO6S. The van der Waals surface area contributed by atoms with E-state index in [-0.39, 0.29) is 18.1 Å². The molecule has 1 heterocycles. The minimum atomic E-state index is -3.66. The van der Waals surface area contributed by atoms with Crippen molar-refractivity contribution in [2.45, 2.75) is 6.42 Å². The van der Waals surface area contributed by atoms with E-state index < -0.39 is 16.1 Å². The van der Waals surface area contributed by atoms with Crippen LogP contribution < -0.4 is 4.18 Å². The van der Waals surface area contributed by atoms with Crippen molar-refractivity contribution >= 4 is 16.1 Å². The average molecular weight is 221 g/mol. The third-order valence-electron chi connectivity index (χ3n) is 1.10. The summed E-state index contributed by atoms with van der Waals surface area (Å²) in [5, 5.41) is 11.6. The number of rotatable bonds is 4. The van der Waals surface area contributed by atoms with Gasteiger partial charge in [0.2, 0.25) is 0 Å². The standard InChI is InChI=1S/C6H7NO6S/c1-14(10,11)13-5-2-4(12-7-5)3-6(8)9/h2H,3H2,1H3,(H,8,9). The van der Waals surface area contributed by atoms with Gasteiger partial charge in [0.05, 0.1) is 6.26 Å². The maximum Gasteiger partial charge on any atom is 0.311 e. The van der Waals surface area contributed by atoms with Crippen LogP contribution in [0.4, 0.5) is 0 Å². The summed E-state index contributed by atoms with van der Waals surface area (Å²) in [5.74, 6) is -1.35. The molecule has 1 N–H and O–H groups in total. The highest BCUT2D eigenvalue weighted by molar-refractivity contribution is 7.86. The summed E-state index contributed by atoms with van der Waals surface area (Å²) in [5.41, 5.74) is 0. The van der Waals surface area contributed by atoms with Gasteiger partial charge in [0.15, 0.2) is 5.76 Å². The normalized spacial score (nSPS) is 11.2. The number of hydrogen-bond acceptors (Lipinski definition) is 6. The molecular weight excluding hydrogens is 214 g/mol. The number of aliphatic carboxylic acids is 1. The van der Waals surface area contributed by atoms with E-state index in [1.54, 1.807) is 0 Å². The van der Waals surface area contributed by atoms with Crippen LogP contribution in [0.2, 0.25) is 0 Å². The molecule has 0 fully saturated rings. The van der Waals surface area contributed by atoms with Crippen LogP contribution in [-0.2, 0) is 21.3 Å². The second kappa shape index (κ2) is 3.66.